The lowest BCUT2D eigenvalue weighted by Crippen LogP contribution is -2.38. The third kappa shape index (κ3) is 4.12. The number of nitrogens with one attached hydrogen (secondary N) is 1. The van der Waals surface area contributed by atoms with E-state index in [9.17, 15) is 32.3 Å². The smallest absolute Gasteiger partial charge is 0.330 e. The molecule has 0 amide bonds. The maximum absolute atomic E-state index is 14.7. The molecule has 26 heavy (non-hydrogen) atoms. The van der Waals surface area contributed by atoms with Gasteiger partial charge in [0, 0.05) is 20.0 Å². The highest BCUT2D eigenvalue weighted by Gasteiger charge is 2.49. The molecule has 0 aromatic carbocycles. The molecule has 1 saturated heterocycles. The largest absolute Gasteiger partial charge is 0.463 e. The number of carbonyl (C=O) groups excluding carboxylic acids is 2. The molecule has 0 aliphatic carbocycles. The standard InChI is InChI=1S/C14H15F3N2O7/c1-5(20)24-4-8-10(25-6(2)21)9(15)13(26-8)19-3-7(11(16)17)12(22)18-14(19)23/h3,8-11,13H,4H2,1-2H3,(H,18,22,23)/t8-,9?,10?,13-/m0/s1. The van der Waals surface area contributed by atoms with Gasteiger partial charge in [0.05, 0.1) is 5.56 Å². The fourth-order valence-corrected chi connectivity index (χ4v) is 2.43. The molecular formula is C14H15F3N2O7. The number of aromatic amines is 1. The summed E-state index contributed by atoms with van der Waals surface area (Å²) < 4.78 is 55.6. The number of alkyl halides is 3. The topological polar surface area (TPSA) is 117 Å². The van der Waals surface area contributed by atoms with Gasteiger partial charge in [0.2, 0.25) is 0 Å². The van der Waals surface area contributed by atoms with Crippen molar-refractivity contribution in [2.75, 3.05) is 6.61 Å². The predicted octanol–water partition coefficient (Wildman–Crippen LogP) is 0.204. The Kier molecular flexibility index (Phi) is 5.85. The molecule has 9 nitrogen and oxygen atoms in total. The first-order valence-electron chi connectivity index (χ1n) is 7.35. The SMILES string of the molecule is CC(=O)OC[C@@H]1O[C@H](n2cc(C(F)F)c(=O)[nH]c2=O)C(F)C1OC(C)=O. The van der Waals surface area contributed by atoms with Gasteiger partial charge in [0.15, 0.2) is 18.5 Å². The van der Waals surface area contributed by atoms with Gasteiger partial charge in [-0.1, -0.05) is 0 Å². The summed E-state index contributed by atoms with van der Waals surface area (Å²) in [6.07, 6.45) is -9.49. The molecular weight excluding hydrogens is 365 g/mol. The number of carbonyl (C=O) groups is 2. The third-order valence-electron chi connectivity index (χ3n) is 3.52. The second kappa shape index (κ2) is 7.72. The fourth-order valence-electron chi connectivity index (χ4n) is 2.43. The predicted molar refractivity (Wildman–Crippen MR) is 77.3 cm³/mol. The lowest BCUT2D eigenvalue weighted by Gasteiger charge is -2.18. The zero-order valence-electron chi connectivity index (χ0n) is 13.6. The van der Waals surface area contributed by atoms with Crippen molar-refractivity contribution in [3.05, 3.63) is 32.6 Å². The zero-order valence-corrected chi connectivity index (χ0v) is 13.6. The number of aromatic nitrogens is 2. The Morgan fingerprint density at radius 3 is 2.50 bits per heavy atom. The van der Waals surface area contributed by atoms with Crippen molar-refractivity contribution in [3.63, 3.8) is 0 Å². The van der Waals surface area contributed by atoms with Crippen LogP contribution in [0.25, 0.3) is 0 Å². The van der Waals surface area contributed by atoms with Crippen molar-refractivity contribution < 1.29 is 37.0 Å². The number of hydrogen-bond acceptors (Lipinski definition) is 7. The maximum Gasteiger partial charge on any atom is 0.330 e. The summed E-state index contributed by atoms with van der Waals surface area (Å²) in [7, 11) is 0. The first kappa shape index (κ1) is 19.7. The minimum Gasteiger partial charge on any atom is -0.463 e. The second-order valence-corrected chi connectivity index (χ2v) is 5.44. The number of esters is 2. The Hall–Kier alpha value is -2.63. The van der Waals surface area contributed by atoms with E-state index >= 15 is 0 Å². The second-order valence-electron chi connectivity index (χ2n) is 5.44. The van der Waals surface area contributed by atoms with Crippen LogP contribution in [0.1, 0.15) is 32.1 Å². The molecule has 0 bridgehead atoms. The van der Waals surface area contributed by atoms with Gasteiger partial charge in [-0.2, -0.15) is 0 Å². The zero-order chi connectivity index (χ0) is 19.6. The average Bonchev–Trinajstić information content (AvgIpc) is 2.81. The number of hydrogen-bond donors (Lipinski definition) is 1. The average molecular weight is 380 g/mol. The van der Waals surface area contributed by atoms with Crippen LogP contribution in [0.3, 0.4) is 0 Å². The van der Waals surface area contributed by atoms with Gasteiger partial charge >= 0.3 is 17.6 Å². The van der Waals surface area contributed by atoms with E-state index in [4.69, 9.17) is 14.2 Å². The van der Waals surface area contributed by atoms with Crippen molar-refractivity contribution in [2.24, 2.45) is 0 Å². The molecule has 1 aliphatic rings. The number of nitrogens with zero attached hydrogens (tertiary/aromatic N) is 1. The van der Waals surface area contributed by atoms with Crippen LogP contribution in [-0.2, 0) is 23.8 Å². The molecule has 1 N–H and O–H groups in total. The molecule has 0 spiro atoms. The van der Waals surface area contributed by atoms with E-state index in [0.717, 1.165) is 13.8 Å². The lowest BCUT2D eigenvalue weighted by molar-refractivity contribution is -0.156. The van der Waals surface area contributed by atoms with Gasteiger partial charge in [-0.3, -0.25) is 23.9 Å². The molecule has 0 radical (unpaired) electrons. The Bertz CT molecular complexity index is 806. The molecule has 144 valence electrons. The molecule has 2 unspecified atom stereocenters. The summed E-state index contributed by atoms with van der Waals surface area (Å²) in [4.78, 5) is 47.0. The van der Waals surface area contributed by atoms with Crippen molar-refractivity contribution in [3.8, 4) is 0 Å². The number of rotatable bonds is 5. The van der Waals surface area contributed by atoms with Crippen molar-refractivity contribution in [1.29, 1.82) is 0 Å². The van der Waals surface area contributed by atoms with E-state index in [1.54, 1.807) is 4.98 Å². The molecule has 4 atom stereocenters. The van der Waals surface area contributed by atoms with Gasteiger partial charge in [-0.25, -0.2) is 18.0 Å². The van der Waals surface area contributed by atoms with E-state index in [0.29, 0.717) is 10.8 Å². The van der Waals surface area contributed by atoms with Crippen LogP contribution in [-0.4, -0.2) is 46.5 Å². The van der Waals surface area contributed by atoms with Gasteiger partial charge < -0.3 is 14.2 Å². The van der Waals surface area contributed by atoms with Gasteiger partial charge in [0.1, 0.15) is 12.7 Å². The number of ether oxygens (including phenoxy) is 3. The fraction of sp³-hybridized carbons (Fsp3) is 0.571. The molecule has 12 heteroatoms. The molecule has 1 aromatic heterocycles. The normalized spacial score (nSPS) is 25.3. The van der Waals surface area contributed by atoms with Crippen LogP contribution >= 0.6 is 0 Å². The number of halogens is 3. The van der Waals surface area contributed by atoms with Crippen molar-refractivity contribution in [2.45, 2.75) is 44.9 Å². The Labute approximate surface area is 143 Å². The molecule has 1 aliphatic heterocycles. The minimum absolute atomic E-state index is 0.428. The summed E-state index contributed by atoms with van der Waals surface area (Å²) in [5.41, 5.74) is -3.57. The summed E-state index contributed by atoms with van der Waals surface area (Å²) in [5, 5.41) is 0. The summed E-state index contributed by atoms with van der Waals surface area (Å²) in [5.74, 6) is -1.58. The van der Waals surface area contributed by atoms with Crippen LogP contribution in [0.5, 0.6) is 0 Å². The molecule has 2 heterocycles. The van der Waals surface area contributed by atoms with Crippen LogP contribution in [0, 0.1) is 0 Å². The monoisotopic (exact) mass is 380 g/mol. The maximum atomic E-state index is 14.7. The molecule has 1 fully saturated rings. The van der Waals surface area contributed by atoms with E-state index in [-0.39, 0.29) is 0 Å². The molecule has 0 saturated carbocycles. The minimum atomic E-state index is -3.22. The van der Waals surface area contributed by atoms with E-state index in [1.165, 1.54) is 0 Å². The van der Waals surface area contributed by atoms with Crippen LogP contribution in [0.2, 0.25) is 0 Å². The quantitative estimate of drug-likeness (QED) is 0.726. The van der Waals surface area contributed by atoms with Crippen molar-refractivity contribution >= 4 is 11.9 Å². The van der Waals surface area contributed by atoms with Gasteiger partial charge in [0.25, 0.3) is 12.0 Å². The Morgan fingerprint density at radius 1 is 1.31 bits per heavy atom. The third-order valence-corrected chi connectivity index (χ3v) is 3.52. The summed E-state index contributed by atoms with van der Waals surface area (Å²) in [6, 6.07) is 0. The molecule has 1 aromatic rings. The summed E-state index contributed by atoms with van der Waals surface area (Å²) in [6.45, 7) is 1.59. The van der Waals surface area contributed by atoms with Crippen molar-refractivity contribution in [1.82, 2.24) is 9.55 Å². The highest BCUT2D eigenvalue weighted by molar-refractivity contribution is 5.66. The highest BCUT2D eigenvalue weighted by atomic mass is 19.3. The first-order valence-corrected chi connectivity index (χ1v) is 7.35. The Morgan fingerprint density at radius 2 is 1.96 bits per heavy atom. The van der Waals surface area contributed by atoms with Crippen LogP contribution in [0.15, 0.2) is 15.8 Å². The highest BCUT2D eigenvalue weighted by Crippen LogP contribution is 2.33. The van der Waals surface area contributed by atoms with Gasteiger partial charge in [-0.15, -0.1) is 0 Å². The Balaban J connectivity index is 2.39. The number of H-pyrrole nitrogens is 1. The first-order chi connectivity index (χ1) is 12.1. The lowest BCUT2D eigenvalue weighted by atomic mass is 10.1. The van der Waals surface area contributed by atoms with E-state index < -0.39 is 66.4 Å². The van der Waals surface area contributed by atoms with E-state index in [1.807, 2.05) is 0 Å². The molecule has 2 rings (SSSR count). The van der Waals surface area contributed by atoms with Crippen LogP contribution in [0.4, 0.5) is 13.2 Å². The van der Waals surface area contributed by atoms with E-state index in [2.05, 4.69) is 0 Å². The van der Waals surface area contributed by atoms with Crippen LogP contribution < -0.4 is 11.2 Å². The van der Waals surface area contributed by atoms with Gasteiger partial charge in [-0.05, 0) is 0 Å². The summed E-state index contributed by atoms with van der Waals surface area (Å²) >= 11 is 0.